The van der Waals surface area contributed by atoms with Crippen molar-refractivity contribution in [1.29, 1.82) is 0 Å². The van der Waals surface area contributed by atoms with E-state index in [0.29, 0.717) is 6.54 Å². The van der Waals surface area contributed by atoms with Crippen LogP contribution < -0.4 is 0 Å². The second-order valence-electron chi connectivity index (χ2n) is 8.44. The van der Waals surface area contributed by atoms with Gasteiger partial charge in [-0.3, -0.25) is 19.4 Å². The molecular formula is C20H36N4O2. The summed E-state index contributed by atoms with van der Waals surface area (Å²) in [5.74, 6) is 1.31. The minimum atomic E-state index is -0.0386. The molecule has 3 aliphatic heterocycles. The van der Waals surface area contributed by atoms with Crippen LogP contribution in [0.15, 0.2) is 0 Å². The van der Waals surface area contributed by atoms with Gasteiger partial charge in [0, 0.05) is 52.4 Å². The minimum Gasteiger partial charge on any atom is -0.342 e. The number of piperazine rings is 1. The van der Waals surface area contributed by atoms with Crippen LogP contribution in [0.25, 0.3) is 0 Å². The molecule has 0 bridgehead atoms. The zero-order valence-corrected chi connectivity index (χ0v) is 16.7. The minimum absolute atomic E-state index is 0.0386. The Morgan fingerprint density at radius 1 is 0.846 bits per heavy atom. The van der Waals surface area contributed by atoms with Crippen LogP contribution in [0.4, 0.5) is 0 Å². The van der Waals surface area contributed by atoms with Crippen molar-refractivity contribution in [3.05, 3.63) is 0 Å². The summed E-state index contributed by atoms with van der Waals surface area (Å²) in [7, 11) is 0. The first-order chi connectivity index (χ1) is 12.5. The lowest BCUT2D eigenvalue weighted by Crippen LogP contribution is -2.56. The molecule has 3 fully saturated rings. The highest BCUT2D eigenvalue weighted by Crippen LogP contribution is 2.18. The molecule has 3 aliphatic rings. The molecule has 0 aromatic rings. The van der Waals surface area contributed by atoms with E-state index in [1.807, 2.05) is 4.90 Å². The smallest absolute Gasteiger partial charge is 0.239 e. The van der Waals surface area contributed by atoms with E-state index in [1.54, 1.807) is 0 Å². The van der Waals surface area contributed by atoms with Gasteiger partial charge in [0.15, 0.2) is 0 Å². The van der Waals surface area contributed by atoms with Gasteiger partial charge in [0.2, 0.25) is 11.8 Å². The molecule has 3 saturated heterocycles. The Balaban J connectivity index is 1.41. The third kappa shape index (κ3) is 4.97. The fourth-order valence-corrected chi connectivity index (χ4v) is 4.39. The molecule has 0 saturated carbocycles. The zero-order valence-electron chi connectivity index (χ0n) is 16.7. The summed E-state index contributed by atoms with van der Waals surface area (Å²) in [6.07, 6.45) is 5.81. The number of hydrogen-bond acceptors (Lipinski definition) is 4. The molecule has 3 rings (SSSR count). The second-order valence-corrected chi connectivity index (χ2v) is 8.44. The van der Waals surface area contributed by atoms with Crippen molar-refractivity contribution in [1.82, 2.24) is 19.6 Å². The lowest BCUT2D eigenvalue weighted by atomic mass is 9.98. The highest BCUT2D eigenvalue weighted by molar-refractivity contribution is 5.81. The van der Waals surface area contributed by atoms with E-state index < -0.39 is 0 Å². The van der Waals surface area contributed by atoms with Crippen molar-refractivity contribution in [3.63, 3.8) is 0 Å². The molecule has 1 unspecified atom stereocenters. The first-order valence-electron chi connectivity index (χ1n) is 10.6. The van der Waals surface area contributed by atoms with Crippen molar-refractivity contribution in [3.8, 4) is 0 Å². The molecule has 2 amide bonds. The maximum Gasteiger partial charge on any atom is 0.239 e. The number of rotatable bonds is 4. The van der Waals surface area contributed by atoms with Crippen LogP contribution in [-0.2, 0) is 9.59 Å². The van der Waals surface area contributed by atoms with Crippen LogP contribution in [0, 0.1) is 5.92 Å². The highest BCUT2D eigenvalue weighted by atomic mass is 16.2. The molecule has 0 aromatic heterocycles. The Hall–Kier alpha value is -1.14. The van der Waals surface area contributed by atoms with Gasteiger partial charge in [-0.1, -0.05) is 6.92 Å². The summed E-state index contributed by atoms with van der Waals surface area (Å²) < 4.78 is 0. The molecule has 6 heteroatoms. The summed E-state index contributed by atoms with van der Waals surface area (Å²) in [6.45, 7) is 12.1. The molecule has 3 heterocycles. The van der Waals surface area contributed by atoms with E-state index in [0.717, 1.165) is 84.0 Å². The van der Waals surface area contributed by atoms with Crippen molar-refractivity contribution in [2.24, 2.45) is 5.92 Å². The number of amides is 2. The summed E-state index contributed by atoms with van der Waals surface area (Å²) >= 11 is 0. The number of hydrogen-bond donors (Lipinski definition) is 0. The molecule has 0 N–H and O–H groups in total. The number of carbonyl (C=O) groups excluding carboxylic acids is 2. The number of likely N-dealkylation sites (tertiary alicyclic amines) is 2. The molecule has 0 aromatic carbocycles. The first-order valence-corrected chi connectivity index (χ1v) is 10.6. The molecular weight excluding hydrogens is 328 g/mol. The molecule has 26 heavy (non-hydrogen) atoms. The quantitative estimate of drug-likeness (QED) is 0.754. The van der Waals surface area contributed by atoms with Gasteiger partial charge in [-0.05, 0) is 44.9 Å². The van der Waals surface area contributed by atoms with Crippen LogP contribution >= 0.6 is 0 Å². The summed E-state index contributed by atoms with van der Waals surface area (Å²) in [6, 6.07) is -0.0386. The van der Waals surface area contributed by atoms with E-state index in [1.165, 1.54) is 6.42 Å². The Kier molecular flexibility index (Phi) is 6.92. The van der Waals surface area contributed by atoms with E-state index >= 15 is 0 Å². The van der Waals surface area contributed by atoms with Crippen LogP contribution in [0.5, 0.6) is 0 Å². The van der Waals surface area contributed by atoms with Gasteiger partial charge in [-0.15, -0.1) is 0 Å². The molecule has 0 radical (unpaired) electrons. The summed E-state index contributed by atoms with van der Waals surface area (Å²) in [5, 5.41) is 0. The average molecular weight is 365 g/mol. The van der Waals surface area contributed by atoms with Gasteiger partial charge in [-0.2, -0.15) is 0 Å². The highest BCUT2D eigenvalue weighted by Gasteiger charge is 2.31. The van der Waals surface area contributed by atoms with Gasteiger partial charge in [0.1, 0.15) is 0 Å². The largest absolute Gasteiger partial charge is 0.342 e. The van der Waals surface area contributed by atoms with Gasteiger partial charge >= 0.3 is 0 Å². The van der Waals surface area contributed by atoms with Crippen LogP contribution in [0.2, 0.25) is 0 Å². The molecule has 1 atom stereocenters. The van der Waals surface area contributed by atoms with Crippen LogP contribution in [0.3, 0.4) is 0 Å². The predicted molar refractivity (Wildman–Crippen MR) is 103 cm³/mol. The third-order valence-electron chi connectivity index (χ3n) is 6.47. The molecule has 148 valence electrons. The van der Waals surface area contributed by atoms with Crippen molar-refractivity contribution >= 4 is 11.8 Å². The Bertz CT molecular complexity index is 476. The maximum atomic E-state index is 12.8. The SMILES string of the molecule is CC1CCN(C(=O)C(C)N2CCN(CC(=O)N3CCCCC3)CC2)CC1. The standard InChI is InChI=1S/C20H36N4O2/c1-17-6-10-24(11-7-17)20(26)18(2)22-14-12-21(13-15-22)16-19(25)23-8-4-3-5-9-23/h17-18H,3-16H2,1-2H3. The average Bonchev–Trinajstić information content (AvgIpc) is 2.69. The Morgan fingerprint density at radius 2 is 1.46 bits per heavy atom. The van der Waals surface area contributed by atoms with E-state index in [-0.39, 0.29) is 17.9 Å². The lowest BCUT2D eigenvalue weighted by Gasteiger charge is -2.40. The van der Waals surface area contributed by atoms with Crippen molar-refractivity contribution in [2.45, 2.75) is 52.0 Å². The fourth-order valence-electron chi connectivity index (χ4n) is 4.39. The second kappa shape index (κ2) is 9.18. The van der Waals surface area contributed by atoms with Gasteiger partial charge in [0.05, 0.1) is 12.6 Å². The fraction of sp³-hybridized carbons (Fsp3) is 0.900. The van der Waals surface area contributed by atoms with Crippen LogP contribution in [0.1, 0.15) is 46.0 Å². The van der Waals surface area contributed by atoms with Gasteiger partial charge in [-0.25, -0.2) is 0 Å². The Labute approximate surface area is 158 Å². The van der Waals surface area contributed by atoms with E-state index in [4.69, 9.17) is 0 Å². The first kappa shape index (κ1) is 19.6. The monoisotopic (exact) mass is 364 g/mol. The van der Waals surface area contributed by atoms with Gasteiger partial charge < -0.3 is 9.80 Å². The third-order valence-corrected chi connectivity index (χ3v) is 6.47. The summed E-state index contributed by atoms with van der Waals surface area (Å²) in [5.41, 5.74) is 0. The number of nitrogens with zero attached hydrogens (tertiary/aromatic N) is 4. The molecule has 0 spiro atoms. The molecule has 0 aliphatic carbocycles. The predicted octanol–water partition coefficient (Wildman–Crippen LogP) is 1.26. The lowest BCUT2D eigenvalue weighted by molar-refractivity contribution is -0.139. The van der Waals surface area contributed by atoms with Gasteiger partial charge in [0.25, 0.3) is 0 Å². The molecule has 6 nitrogen and oxygen atoms in total. The van der Waals surface area contributed by atoms with Crippen molar-refractivity contribution < 1.29 is 9.59 Å². The zero-order chi connectivity index (χ0) is 18.5. The van der Waals surface area contributed by atoms with Crippen molar-refractivity contribution in [2.75, 3.05) is 58.9 Å². The summed E-state index contributed by atoms with van der Waals surface area (Å²) in [4.78, 5) is 33.8. The number of carbonyl (C=O) groups is 2. The van der Waals surface area contributed by atoms with E-state index in [9.17, 15) is 9.59 Å². The Morgan fingerprint density at radius 3 is 2.08 bits per heavy atom. The topological polar surface area (TPSA) is 47.1 Å². The van der Waals surface area contributed by atoms with Crippen LogP contribution in [-0.4, -0.2) is 96.4 Å². The maximum absolute atomic E-state index is 12.8. The van der Waals surface area contributed by atoms with E-state index in [2.05, 4.69) is 28.5 Å². The number of piperidine rings is 2. The normalized spacial score (nSPS) is 25.3.